The number of halogens is 2. The maximum absolute atomic E-state index is 6.07. The van der Waals surface area contributed by atoms with Crippen molar-refractivity contribution in [3.05, 3.63) is 33.8 Å². The molecule has 1 N–H and O–H groups in total. The maximum Gasteiger partial charge on any atom is 0.0595 e. The molecule has 1 aliphatic carbocycles. The van der Waals surface area contributed by atoms with E-state index in [0.29, 0.717) is 10.0 Å². The molecule has 1 aliphatic rings. The first-order valence-electron chi connectivity index (χ1n) is 6.28. The Morgan fingerprint density at radius 3 is 2.41 bits per heavy atom. The van der Waals surface area contributed by atoms with Crippen LogP contribution in [0.25, 0.3) is 0 Å². The number of hydrogen-bond donors (Lipinski definition) is 1. The molecular weight excluding hydrogens is 253 g/mol. The second kappa shape index (κ2) is 5.60. The molecule has 94 valence electrons. The highest BCUT2D eigenvalue weighted by molar-refractivity contribution is 6.42. The summed E-state index contributed by atoms with van der Waals surface area (Å²) in [5, 5.41) is 4.82. The van der Waals surface area contributed by atoms with E-state index in [0.717, 1.165) is 6.42 Å². The highest BCUT2D eigenvalue weighted by Crippen LogP contribution is 2.32. The zero-order valence-electron chi connectivity index (χ0n) is 10.2. The van der Waals surface area contributed by atoms with E-state index in [2.05, 4.69) is 18.4 Å². The molecule has 0 aromatic heterocycles. The third kappa shape index (κ3) is 3.15. The van der Waals surface area contributed by atoms with Gasteiger partial charge in [0.25, 0.3) is 0 Å². The Morgan fingerprint density at radius 1 is 1.12 bits per heavy atom. The number of rotatable bonds is 3. The van der Waals surface area contributed by atoms with Gasteiger partial charge in [0.05, 0.1) is 10.0 Å². The average molecular weight is 272 g/mol. The number of benzene rings is 1. The fourth-order valence-electron chi connectivity index (χ4n) is 2.78. The van der Waals surface area contributed by atoms with Crippen LogP contribution < -0.4 is 5.32 Å². The Kier molecular flexibility index (Phi) is 4.35. The lowest BCUT2D eigenvalue weighted by Crippen LogP contribution is -2.46. The summed E-state index contributed by atoms with van der Waals surface area (Å²) in [6, 6.07) is 5.98. The number of likely N-dealkylation sites (N-methyl/N-ethyl adjacent to an activating group) is 1. The smallest absolute Gasteiger partial charge is 0.0595 e. The summed E-state index contributed by atoms with van der Waals surface area (Å²) in [6.45, 7) is 0. The second-order valence-electron chi connectivity index (χ2n) is 5.02. The molecule has 0 aliphatic heterocycles. The van der Waals surface area contributed by atoms with Crippen LogP contribution in [0.2, 0.25) is 10.0 Å². The average Bonchev–Trinajstić information content (AvgIpc) is 2.35. The van der Waals surface area contributed by atoms with Gasteiger partial charge >= 0.3 is 0 Å². The van der Waals surface area contributed by atoms with Crippen LogP contribution in [-0.2, 0) is 6.42 Å². The van der Waals surface area contributed by atoms with Gasteiger partial charge in [-0.2, -0.15) is 0 Å². The maximum atomic E-state index is 6.07. The van der Waals surface area contributed by atoms with Gasteiger partial charge in [-0.3, -0.25) is 0 Å². The second-order valence-corrected chi connectivity index (χ2v) is 5.83. The zero-order chi connectivity index (χ0) is 12.3. The fraction of sp³-hybridized carbons (Fsp3) is 0.571. The van der Waals surface area contributed by atoms with Crippen molar-refractivity contribution in [2.24, 2.45) is 0 Å². The molecule has 1 nitrogen and oxygen atoms in total. The first-order valence-corrected chi connectivity index (χ1v) is 7.04. The monoisotopic (exact) mass is 271 g/mol. The van der Waals surface area contributed by atoms with Crippen molar-refractivity contribution in [1.29, 1.82) is 0 Å². The van der Waals surface area contributed by atoms with E-state index in [1.165, 1.54) is 37.7 Å². The van der Waals surface area contributed by atoms with E-state index in [1.807, 2.05) is 12.1 Å². The standard InChI is InChI=1S/C14H19Cl2N/c1-17-14(7-3-2-4-8-14)10-11-5-6-12(15)13(16)9-11/h5-6,9,17H,2-4,7-8,10H2,1H3. The molecule has 2 rings (SSSR count). The predicted octanol–water partition coefficient (Wildman–Crippen LogP) is 4.46. The minimum absolute atomic E-state index is 0.259. The Morgan fingerprint density at radius 2 is 1.82 bits per heavy atom. The van der Waals surface area contributed by atoms with Crippen molar-refractivity contribution in [2.45, 2.75) is 44.1 Å². The summed E-state index contributed by atoms with van der Waals surface area (Å²) in [6.07, 6.45) is 7.56. The summed E-state index contributed by atoms with van der Waals surface area (Å²) in [7, 11) is 2.07. The molecule has 0 unspecified atom stereocenters. The van der Waals surface area contributed by atoms with Gasteiger partial charge in [-0.25, -0.2) is 0 Å². The van der Waals surface area contributed by atoms with Gasteiger partial charge in [0.15, 0.2) is 0 Å². The van der Waals surface area contributed by atoms with Gasteiger partial charge in [0.2, 0.25) is 0 Å². The molecule has 0 bridgehead atoms. The molecule has 0 heterocycles. The molecule has 0 spiro atoms. The van der Waals surface area contributed by atoms with Crippen LogP contribution in [0.1, 0.15) is 37.7 Å². The quantitative estimate of drug-likeness (QED) is 0.856. The lowest BCUT2D eigenvalue weighted by Gasteiger charge is -2.37. The molecule has 0 radical (unpaired) electrons. The lowest BCUT2D eigenvalue weighted by atomic mass is 9.77. The van der Waals surface area contributed by atoms with Crippen molar-refractivity contribution >= 4 is 23.2 Å². The topological polar surface area (TPSA) is 12.0 Å². The summed E-state index contributed by atoms with van der Waals surface area (Å²) in [4.78, 5) is 0. The molecule has 3 heteroatoms. The van der Waals surface area contributed by atoms with Crippen molar-refractivity contribution in [3.63, 3.8) is 0 Å². The minimum atomic E-state index is 0.259. The van der Waals surface area contributed by atoms with Gasteiger partial charge in [0.1, 0.15) is 0 Å². The SMILES string of the molecule is CNC1(Cc2ccc(Cl)c(Cl)c2)CCCCC1. The van der Waals surface area contributed by atoms with Crippen LogP contribution in [0.15, 0.2) is 18.2 Å². The summed E-state index contributed by atoms with van der Waals surface area (Å²) in [5.41, 5.74) is 1.53. The van der Waals surface area contributed by atoms with Crippen molar-refractivity contribution < 1.29 is 0 Å². The Bertz CT molecular complexity index is 384. The van der Waals surface area contributed by atoms with Crippen molar-refractivity contribution in [1.82, 2.24) is 5.32 Å². The van der Waals surface area contributed by atoms with Crippen LogP contribution in [0.3, 0.4) is 0 Å². The summed E-state index contributed by atoms with van der Waals surface area (Å²) < 4.78 is 0. The van der Waals surface area contributed by atoms with Crippen LogP contribution in [-0.4, -0.2) is 12.6 Å². The van der Waals surface area contributed by atoms with E-state index in [1.54, 1.807) is 0 Å². The van der Waals surface area contributed by atoms with Crippen molar-refractivity contribution in [3.8, 4) is 0 Å². The molecule has 1 aromatic carbocycles. The van der Waals surface area contributed by atoms with Crippen LogP contribution >= 0.6 is 23.2 Å². The summed E-state index contributed by atoms with van der Waals surface area (Å²) in [5.74, 6) is 0. The first kappa shape index (κ1) is 13.2. The largest absolute Gasteiger partial charge is 0.314 e. The first-order chi connectivity index (χ1) is 8.15. The van der Waals surface area contributed by atoms with E-state index in [9.17, 15) is 0 Å². The fourth-order valence-corrected chi connectivity index (χ4v) is 3.10. The normalized spacial score (nSPS) is 19.2. The molecule has 0 atom stereocenters. The van der Waals surface area contributed by atoms with E-state index in [4.69, 9.17) is 23.2 Å². The van der Waals surface area contributed by atoms with Gasteiger partial charge in [0, 0.05) is 5.54 Å². The predicted molar refractivity (Wildman–Crippen MR) is 75.0 cm³/mol. The van der Waals surface area contributed by atoms with Gasteiger partial charge in [-0.1, -0.05) is 48.5 Å². The molecule has 1 aromatic rings. The van der Waals surface area contributed by atoms with E-state index in [-0.39, 0.29) is 5.54 Å². The molecule has 17 heavy (non-hydrogen) atoms. The lowest BCUT2D eigenvalue weighted by molar-refractivity contribution is 0.245. The van der Waals surface area contributed by atoms with E-state index < -0.39 is 0 Å². The molecular formula is C14H19Cl2N. The van der Waals surface area contributed by atoms with Crippen LogP contribution in [0, 0.1) is 0 Å². The van der Waals surface area contributed by atoms with Gasteiger partial charge < -0.3 is 5.32 Å². The highest BCUT2D eigenvalue weighted by atomic mass is 35.5. The summed E-state index contributed by atoms with van der Waals surface area (Å²) >= 11 is 12.0. The van der Waals surface area contributed by atoms with Crippen molar-refractivity contribution in [2.75, 3.05) is 7.05 Å². The number of nitrogens with one attached hydrogen (secondary N) is 1. The van der Waals surface area contributed by atoms with Crippen LogP contribution in [0.5, 0.6) is 0 Å². The van der Waals surface area contributed by atoms with Gasteiger partial charge in [-0.15, -0.1) is 0 Å². The molecule has 0 amide bonds. The molecule has 1 fully saturated rings. The third-order valence-electron chi connectivity index (χ3n) is 3.87. The number of hydrogen-bond acceptors (Lipinski definition) is 1. The zero-order valence-corrected chi connectivity index (χ0v) is 11.7. The van der Waals surface area contributed by atoms with Gasteiger partial charge in [-0.05, 0) is 44.0 Å². The Balaban J connectivity index is 2.14. The highest BCUT2D eigenvalue weighted by Gasteiger charge is 2.30. The van der Waals surface area contributed by atoms with E-state index >= 15 is 0 Å². The molecule has 0 saturated heterocycles. The Hall–Kier alpha value is -0.240. The van der Waals surface area contributed by atoms with Crippen LogP contribution in [0.4, 0.5) is 0 Å². The Labute approximate surface area is 114 Å². The molecule has 1 saturated carbocycles. The third-order valence-corrected chi connectivity index (χ3v) is 4.61. The minimum Gasteiger partial charge on any atom is -0.314 e.